The second-order valence-corrected chi connectivity index (χ2v) is 7.33. The molecule has 2 aromatic rings. The van der Waals surface area contributed by atoms with Gasteiger partial charge in [-0.25, -0.2) is 0 Å². The van der Waals surface area contributed by atoms with E-state index in [9.17, 15) is 0 Å². The van der Waals surface area contributed by atoms with Crippen molar-refractivity contribution in [3.63, 3.8) is 0 Å². The Morgan fingerprint density at radius 2 is 1.50 bits per heavy atom. The van der Waals surface area contributed by atoms with E-state index in [-0.39, 0.29) is 10.8 Å². The van der Waals surface area contributed by atoms with Crippen molar-refractivity contribution in [2.45, 2.75) is 52.4 Å². The zero-order valence-electron chi connectivity index (χ0n) is 12.8. The van der Waals surface area contributed by atoms with E-state index in [1.165, 1.54) is 22.2 Å². The lowest BCUT2D eigenvalue weighted by molar-refractivity contribution is 0.543. The molecule has 0 aliphatic heterocycles. The van der Waals surface area contributed by atoms with Crippen molar-refractivity contribution >= 4 is 10.9 Å². The molecular formula is C17H25N. The first kappa shape index (κ1) is 13.2. The number of hydrogen-bond acceptors (Lipinski definition) is 0. The highest BCUT2D eigenvalue weighted by Gasteiger charge is 2.23. The summed E-state index contributed by atoms with van der Waals surface area (Å²) in [5.41, 5.74) is 4.58. The van der Waals surface area contributed by atoms with Gasteiger partial charge in [-0.1, -0.05) is 59.7 Å². The van der Waals surface area contributed by atoms with Crippen molar-refractivity contribution in [1.82, 2.24) is 4.57 Å². The van der Waals surface area contributed by atoms with Crippen LogP contribution in [0.3, 0.4) is 0 Å². The Labute approximate surface area is 111 Å². The van der Waals surface area contributed by atoms with Crippen LogP contribution in [0, 0.1) is 0 Å². The number of benzene rings is 1. The van der Waals surface area contributed by atoms with Crippen molar-refractivity contribution in [3.05, 3.63) is 35.5 Å². The lowest BCUT2D eigenvalue weighted by Crippen LogP contribution is -2.17. The average Bonchev–Trinajstić information content (AvgIpc) is 2.54. The first-order valence-corrected chi connectivity index (χ1v) is 6.72. The molecule has 0 radical (unpaired) electrons. The monoisotopic (exact) mass is 243 g/mol. The molecule has 0 bridgehead atoms. The molecular weight excluding hydrogens is 218 g/mol. The van der Waals surface area contributed by atoms with E-state index in [0.29, 0.717) is 0 Å². The van der Waals surface area contributed by atoms with Crippen LogP contribution < -0.4 is 0 Å². The Kier molecular flexibility index (Phi) is 2.84. The Balaban J connectivity index is 2.83. The maximum atomic E-state index is 2.37. The summed E-state index contributed by atoms with van der Waals surface area (Å²) < 4.78 is 2.37. The lowest BCUT2D eigenvalue weighted by atomic mass is 9.86. The predicted octanol–water partition coefficient (Wildman–Crippen LogP) is 4.77. The van der Waals surface area contributed by atoms with Gasteiger partial charge in [0.2, 0.25) is 0 Å². The molecule has 0 aliphatic carbocycles. The van der Waals surface area contributed by atoms with Gasteiger partial charge in [-0.2, -0.15) is 0 Å². The summed E-state index contributed by atoms with van der Waals surface area (Å²) >= 11 is 0. The molecule has 1 nitrogen and oxygen atoms in total. The number of aromatic nitrogens is 1. The number of aryl methyl sites for hydroxylation is 1. The summed E-state index contributed by atoms with van der Waals surface area (Å²) in [7, 11) is 2.19. The van der Waals surface area contributed by atoms with E-state index >= 15 is 0 Å². The third-order valence-corrected chi connectivity index (χ3v) is 3.63. The van der Waals surface area contributed by atoms with E-state index < -0.39 is 0 Å². The van der Waals surface area contributed by atoms with Gasteiger partial charge in [0.1, 0.15) is 0 Å². The lowest BCUT2D eigenvalue weighted by Gasteiger charge is -2.23. The smallest absolute Gasteiger partial charge is 0.0518 e. The van der Waals surface area contributed by atoms with Crippen LogP contribution >= 0.6 is 0 Å². The minimum absolute atomic E-state index is 0.181. The Morgan fingerprint density at radius 1 is 0.889 bits per heavy atom. The largest absolute Gasteiger partial charge is 0.347 e. The molecule has 0 saturated carbocycles. The number of rotatable bonds is 0. The van der Waals surface area contributed by atoms with Crippen molar-refractivity contribution in [3.8, 4) is 0 Å². The fourth-order valence-corrected chi connectivity index (χ4v) is 2.74. The SMILES string of the molecule is Cn1c(C(C)(C)C)cc2cccc(C(C)(C)C)c21. The molecule has 0 amide bonds. The van der Waals surface area contributed by atoms with Crippen molar-refractivity contribution in [1.29, 1.82) is 0 Å². The molecule has 1 aromatic heterocycles. The second kappa shape index (κ2) is 3.88. The maximum absolute atomic E-state index is 2.37. The molecule has 2 rings (SSSR count). The Bertz CT molecular complexity index is 574. The van der Waals surface area contributed by atoms with Gasteiger partial charge in [-0.05, 0) is 17.0 Å². The van der Waals surface area contributed by atoms with Crippen LogP contribution in [0.15, 0.2) is 24.3 Å². The van der Waals surface area contributed by atoms with Crippen LogP contribution in [0.4, 0.5) is 0 Å². The number of fused-ring (bicyclic) bond motifs is 1. The van der Waals surface area contributed by atoms with E-state index in [4.69, 9.17) is 0 Å². The summed E-state index contributed by atoms with van der Waals surface area (Å²) in [6.45, 7) is 13.7. The standard InChI is InChI=1S/C17H25N/c1-16(2,3)13-10-8-9-12-11-14(17(4,5)6)18(7)15(12)13/h8-11H,1-7H3. The summed E-state index contributed by atoms with van der Waals surface area (Å²) in [4.78, 5) is 0. The normalized spacial score (nSPS) is 13.3. The zero-order valence-corrected chi connectivity index (χ0v) is 12.8. The number of hydrogen-bond donors (Lipinski definition) is 0. The molecule has 0 unspecified atom stereocenters. The molecule has 0 atom stereocenters. The molecule has 0 fully saturated rings. The molecule has 0 aliphatic rings. The fraction of sp³-hybridized carbons (Fsp3) is 0.529. The molecule has 1 heterocycles. The summed E-state index contributed by atoms with van der Waals surface area (Å²) in [6.07, 6.45) is 0. The quantitative estimate of drug-likeness (QED) is 0.628. The van der Waals surface area contributed by atoms with Crippen LogP contribution in [0.2, 0.25) is 0 Å². The van der Waals surface area contributed by atoms with Gasteiger partial charge in [-0.3, -0.25) is 0 Å². The van der Waals surface area contributed by atoms with Gasteiger partial charge < -0.3 is 4.57 Å². The third-order valence-electron chi connectivity index (χ3n) is 3.63. The topological polar surface area (TPSA) is 4.93 Å². The fourth-order valence-electron chi connectivity index (χ4n) is 2.74. The molecule has 18 heavy (non-hydrogen) atoms. The van der Waals surface area contributed by atoms with Gasteiger partial charge in [-0.15, -0.1) is 0 Å². The summed E-state index contributed by atoms with van der Waals surface area (Å²) in [5, 5.41) is 1.36. The van der Waals surface area contributed by atoms with Gasteiger partial charge in [0.05, 0.1) is 5.52 Å². The Hall–Kier alpha value is -1.24. The minimum atomic E-state index is 0.181. The third kappa shape index (κ3) is 2.07. The molecule has 98 valence electrons. The van der Waals surface area contributed by atoms with Crippen molar-refractivity contribution in [2.75, 3.05) is 0 Å². The number of nitrogens with zero attached hydrogens (tertiary/aromatic N) is 1. The first-order chi connectivity index (χ1) is 8.12. The van der Waals surface area contributed by atoms with Gasteiger partial charge in [0.15, 0.2) is 0 Å². The van der Waals surface area contributed by atoms with Crippen molar-refractivity contribution in [2.24, 2.45) is 7.05 Å². The predicted molar refractivity (Wildman–Crippen MR) is 80.3 cm³/mol. The molecule has 1 aromatic carbocycles. The van der Waals surface area contributed by atoms with E-state index in [1.807, 2.05) is 0 Å². The first-order valence-electron chi connectivity index (χ1n) is 6.72. The van der Waals surface area contributed by atoms with Crippen LogP contribution in [-0.2, 0) is 17.9 Å². The van der Waals surface area contributed by atoms with Crippen LogP contribution in [0.5, 0.6) is 0 Å². The van der Waals surface area contributed by atoms with Crippen molar-refractivity contribution < 1.29 is 0 Å². The zero-order chi connectivity index (χ0) is 13.7. The minimum Gasteiger partial charge on any atom is -0.347 e. The van der Waals surface area contributed by atoms with E-state index in [2.05, 4.69) is 77.4 Å². The van der Waals surface area contributed by atoms with Crippen LogP contribution in [0.1, 0.15) is 52.8 Å². The number of para-hydroxylation sites is 1. The highest BCUT2D eigenvalue weighted by molar-refractivity contribution is 5.85. The second-order valence-electron chi connectivity index (χ2n) is 7.33. The summed E-state index contributed by atoms with van der Waals surface area (Å²) in [5.74, 6) is 0. The van der Waals surface area contributed by atoms with Gasteiger partial charge in [0, 0.05) is 23.5 Å². The maximum Gasteiger partial charge on any atom is 0.0518 e. The van der Waals surface area contributed by atoms with Gasteiger partial charge >= 0.3 is 0 Å². The molecule has 0 N–H and O–H groups in total. The highest BCUT2D eigenvalue weighted by Crippen LogP contribution is 2.34. The molecule has 1 heteroatoms. The molecule has 0 saturated heterocycles. The average molecular weight is 243 g/mol. The van der Waals surface area contributed by atoms with E-state index in [0.717, 1.165) is 0 Å². The highest BCUT2D eigenvalue weighted by atomic mass is 15.0. The van der Waals surface area contributed by atoms with Gasteiger partial charge in [0.25, 0.3) is 0 Å². The molecule has 0 spiro atoms. The Morgan fingerprint density at radius 3 is 2.00 bits per heavy atom. The van der Waals surface area contributed by atoms with E-state index in [1.54, 1.807) is 0 Å². The van der Waals surface area contributed by atoms with Crippen LogP contribution in [-0.4, -0.2) is 4.57 Å². The summed E-state index contributed by atoms with van der Waals surface area (Å²) in [6, 6.07) is 8.99. The van der Waals surface area contributed by atoms with Crippen LogP contribution in [0.25, 0.3) is 10.9 Å².